The summed E-state index contributed by atoms with van der Waals surface area (Å²) in [6.07, 6.45) is -2.61. The number of carbonyl (C=O) groups excluding carboxylic acids is 1. The fourth-order valence-electron chi connectivity index (χ4n) is 2.28. The van der Waals surface area contributed by atoms with Gasteiger partial charge in [0.2, 0.25) is 5.91 Å². The zero-order valence-corrected chi connectivity index (χ0v) is 11.4. The Bertz CT molecular complexity index is 484. The molecular formula is C14H17F2NO4. The van der Waals surface area contributed by atoms with E-state index in [1.165, 1.54) is 4.90 Å². The van der Waals surface area contributed by atoms with E-state index in [1.54, 1.807) is 24.3 Å². The van der Waals surface area contributed by atoms with Crippen molar-refractivity contribution >= 4 is 5.91 Å². The number of hydrogen-bond donors (Lipinski definition) is 1. The van der Waals surface area contributed by atoms with Gasteiger partial charge in [-0.1, -0.05) is 18.2 Å². The lowest BCUT2D eigenvalue weighted by Crippen LogP contribution is -2.40. The topological polar surface area (TPSA) is 59.0 Å². The van der Waals surface area contributed by atoms with Gasteiger partial charge in [-0.2, -0.15) is 0 Å². The smallest absolute Gasteiger partial charge is 0.261 e. The molecule has 0 aromatic heterocycles. The summed E-state index contributed by atoms with van der Waals surface area (Å²) < 4.78 is 34.3. The van der Waals surface area contributed by atoms with Gasteiger partial charge in [0.1, 0.15) is 25.6 Å². The third kappa shape index (κ3) is 3.89. The van der Waals surface area contributed by atoms with Crippen molar-refractivity contribution in [2.75, 3.05) is 33.0 Å². The maximum atomic E-state index is 12.1. The number of hydrogen-bond acceptors (Lipinski definition) is 4. The molecule has 1 aromatic rings. The zero-order valence-electron chi connectivity index (χ0n) is 11.4. The predicted octanol–water partition coefficient (Wildman–Crippen LogP) is 1.22. The van der Waals surface area contributed by atoms with Crippen molar-refractivity contribution in [3.8, 4) is 5.75 Å². The predicted molar refractivity (Wildman–Crippen MR) is 70.3 cm³/mol. The molecule has 5 nitrogen and oxygen atoms in total. The third-order valence-corrected chi connectivity index (χ3v) is 3.21. The van der Waals surface area contributed by atoms with Crippen molar-refractivity contribution in [1.29, 1.82) is 0 Å². The van der Waals surface area contributed by atoms with Crippen LogP contribution in [-0.4, -0.2) is 55.3 Å². The first-order valence-electron chi connectivity index (χ1n) is 6.61. The van der Waals surface area contributed by atoms with E-state index in [1.807, 2.05) is 0 Å². The van der Waals surface area contributed by atoms with Crippen LogP contribution < -0.4 is 4.74 Å². The molecule has 116 valence electrons. The van der Waals surface area contributed by atoms with Crippen LogP contribution in [0.5, 0.6) is 5.75 Å². The van der Waals surface area contributed by atoms with Crippen molar-refractivity contribution in [3.63, 3.8) is 0 Å². The molecule has 2 rings (SSSR count). The number of alkyl halides is 2. The normalized spacial score (nSPS) is 18.1. The lowest BCUT2D eigenvalue weighted by atomic mass is 10.1. The standard InChI is InChI=1S/C14H17F2NO4/c15-13(16)8-20-9-14(19)17-5-6-21-12-4-2-1-3-10(12)11(17)7-18/h1-4,11,13,18H,5-9H2. The van der Waals surface area contributed by atoms with Crippen LogP contribution in [0.2, 0.25) is 0 Å². The Labute approximate surface area is 121 Å². The molecule has 21 heavy (non-hydrogen) atoms. The number of nitrogens with zero attached hydrogens (tertiary/aromatic N) is 1. The van der Waals surface area contributed by atoms with Gasteiger partial charge in [-0.15, -0.1) is 0 Å². The van der Waals surface area contributed by atoms with Crippen LogP contribution in [-0.2, 0) is 9.53 Å². The molecular weight excluding hydrogens is 284 g/mol. The molecule has 0 bridgehead atoms. The molecule has 1 heterocycles. The number of benzene rings is 1. The van der Waals surface area contributed by atoms with Gasteiger partial charge in [-0.3, -0.25) is 4.79 Å². The Balaban J connectivity index is 2.10. The summed E-state index contributed by atoms with van der Waals surface area (Å²) in [7, 11) is 0. The van der Waals surface area contributed by atoms with E-state index in [4.69, 9.17) is 4.74 Å². The molecule has 0 spiro atoms. The van der Waals surface area contributed by atoms with Crippen LogP contribution in [0.25, 0.3) is 0 Å². The van der Waals surface area contributed by atoms with Gasteiger partial charge in [-0.05, 0) is 6.07 Å². The van der Waals surface area contributed by atoms with Gasteiger partial charge in [0.05, 0.1) is 19.2 Å². The number of amides is 1. The molecule has 0 aliphatic carbocycles. The lowest BCUT2D eigenvalue weighted by molar-refractivity contribution is -0.141. The SMILES string of the molecule is O=C(COCC(F)F)N1CCOc2ccccc2C1CO. The Morgan fingerprint density at radius 2 is 2.24 bits per heavy atom. The van der Waals surface area contributed by atoms with Gasteiger partial charge in [0.15, 0.2) is 0 Å². The number of aliphatic hydroxyl groups excluding tert-OH is 1. The summed E-state index contributed by atoms with van der Waals surface area (Å²) in [4.78, 5) is 13.5. The largest absolute Gasteiger partial charge is 0.491 e. The van der Waals surface area contributed by atoms with Gasteiger partial charge < -0.3 is 19.5 Å². The number of carbonyl (C=O) groups is 1. The third-order valence-electron chi connectivity index (χ3n) is 3.21. The quantitative estimate of drug-likeness (QED) is 0.888. The minimum Gasteiger partial charge on any atom is -0.491 e. The van der Waals surface area contributed by atoms with E-state index >= 15 is 0 Å². The molecule has 1 aromatic carbocycles. The molecule has 1 N–H and O–H groups in total. The minimum absolute atomic E-state index is 0.261. The Morgan fingerprint density at radius 1 is 1.48 bits per heavy atom. The fraction of sp³-hybridized carbons (Fsp3) is 0.500. The molecule has 0 radical (unpaired) electrons. The maximum absolute atomic E-state index is 12.1. The van der Waals surface area contributed by atoms with Crippen molar-refractivity contribution in [3.05, 3.63) is 29.8 Å². The number of halogens is 2. The first-order valence-corrected chi connectivity index (χ1v) is 6.61. The van der Waals surface area contributed by atoms with Crippen molar-refractivity contribution in [1.82, 2.24) is 4.90 Å². The van der Waals surface area contributed by atoms with Gasteiger partial charge in [-0.25, -0.2) is 8.78 Å². The molecule has 7 heteroatoms. The molecule has 1 amide bonds. The maximum Gasteiger partial charge on any atom is 0.261 e. The minimum atomic E-state index is -2.61. The summed E-state index contributed by atoms with van der Waals surface area (Å²) in [5.41, 5.74) is 0.694. The first-order chi connectivity index (χ1) is 10.1. The van der Waals surface area contributed by atoms with Gasteiger partial charge >= 0.3 is 0 Å². The lowest BCUT2D eigenvalue weighted by Gasteiger charge is -2.28. The summed E-state index contributed by atoms with van der Waals surface area (Å²) in [5, 5.41) is 9.59. The Hall–Kier alpha value is -1.73. The highest BCUT2D eigenvalue weighted by molar-refractivity contribution is 5.78. The Morgan fingerprint density at radius 3 is 2.95 bits per heavy atom. The number of ether oxygens (including phenoxy) is 2. The summed E-state index contributed by atoms with van der Waals surface area (Å²) in [6, 6.07) is 6.55. The average molecular weight is 301 g/mol. The molecule has 1 aliphatic heterocycles. The first kappa shape index (κ1) is 15.7. The van der Waals surface area contributed by atoms with E-state index in [9.17, 15) is 18.7 Å². The number of rotatable bonds is 5. The van der Waals surface area contributed by atoms with Crippen LogP contribution in [0.4, 0.5) is 8.78 Å². The van der Waals surface area contributed by atoms with E-state index in [-0.39, 0.29) is 19.8 Å². The molecule has 1 atom stereocenters. The van der Waals surface area contributed by atoms with Crippen LogP contribution in [0, 0.1) is 0 Å². The van der Waals surface area contributed by atoms with Crippen molar-refractivity contribution in [2.24, 2.45) is 0 Å². The van der Waals surface area contributed by atoms with Crippen molar-refractivity contribution < 1.29 is 28.2 Å². The molecule has 0 fully saturated rings. The Kier molecular flexibility index (Phi) is 5.46. The average Bonchev–Trinajstić information content (AvgIpc) is 2.65. The second-order valence-corrected chi connectivity index (χ2v) is 4.58. The van der Waals surface area contributed by atoms with Crippen LogP contribution in [0.15, 0.2) is 24.3 Å². The number of fused-ring (bicyclic) bond motifs is 1. The molecule has 1 aliphatic rings. The monoisotopic (exact) mass is 301 g/mol. The summed E-state index contributed by atoms with van der Waals surface area (Å²) in [6.45, 7) is -0.967. The van der Waals surface area contributed by atoms with E-state index in [2.05, 4.69) is 4.74 Å². The van der Waals surface area contributed by atoms with Crippen LogP contribution in [0.1, 0.15) is 11.6 Å². The number of para-hydroxylation sites is 1. The van der Waals surface area contributed by atoms with E-state index < -0.39 is 31.6 Å². The molecule has 1 unspecified atom stereocenters. The van der Waals surface area contributed by atoms with Crippen molar-refractivity contribution in [2.45, 2.75) is 12.5 Å². The van der Waals surface area contributed by atoms with Gasteiger partial charge in [0, 0.05) is 5.56 Å². The highest BCUT2D eigenvalue weighted by Gasteiger charge is 2.29. The van der Waals surface area contributed by atoms with E-state index in [0.717, 1.165) is 0 Å². The van der Waals surface area contributed by atoms with Crippen LogP contribution >= 0.6 is 0 Å². The van der Waals surface area contributed by atoms with E-state index in [0.29, 0.717) is 11.3 Å². The highest BCUT2D eigenvalue weighted by Crippen LogP contribution is 2.31. The second-order valence-electron chi connectivity index (χ2n) is 4.58. The molecule has 0 saturated carbocycles. The van der Waals surface area contributed by atoms with Gasteiger partial charge in [0.25, 0.3) is 6.43 Å². The summed E-state index contributed by atoms with van der Waals surface area (Å²) in [5.74, 6) is 0.162. The highest BCUT2D eigenvalue weighted by atomic mass is 19.3. The fourth-order valence-corrected chi connectivity index (χ4v) is 2.28. The number of aliphatic hydroxyl groups is 1. The zero-order chi connectivity index (χ0) is 15.2. The second kappa shape index (κ2) is 7.33. The summed E-state index contributed by atoms with van der Waals surface area (Å²) >= 11 is 0. The van der Waals surface area contributed by atoms with Crippen LogP contribution in [0.3, 0.4) is 0 Å². The molecule has 0 saturated heterocycles.